The summed E-state index contributed by atoms with van der Waals surface area (Å²) in [6.45, 7) is 2.83. The van der Waals surface area contributed by atoms with Gasteiger partial charge in [0.05, 0.1) is 0 Å². The Morgan fingerprint density at radius 1 is 0.964 bits per heavy atom. The van der Waals surface area contributed by atoms with Crippen LogP contribution in [-0.2, 0) is 9.59 Å². The molecular formula is C19H35NO2S6. The number of rotatable bonds is 18. The predicted octanol–water partition coefficient (Wildman–Crippen LogP) is 4.71. The summed E-state index contributed by atoms with van der Waals surface area (Å²) in [5.74, 6) is 9.72. The van der Waals surface area contributed by atoms with Crippen LogP contribution in [0.15, 0.2) is 0 Å². The van der Waals surface area contributed by atoms with Gasteiger partial charge in [-0.3, -0.25) is 14.5 Å². The van der Waals surface area contributed by atoms with Crippen molar-refractivity contribution in [3.63, 3.8) is 0 Å². The molecule has 164 valence electrons. The summed E-state index contributed by atoms with van der Waals surface area (Å²) in [6.07, 6.45) is 3.18. The highest BCUT2D eigenvalue weighted by Crippen LogP contribution is 2.27. The molecule has 1 aliphatic rings. The van der Waals surface area contributed by atoms with Crippen LogP contribution in [0.3, 0.4) is 0 Å². The van der Waals surface area contributed by atoms with Gasteiger partial charge in [-0.2, -0.15) is 72.3 Å². The average Bonchev–Trinajstić information content (AvgIpc) is 2.95. The Kier molecular flexibility index (Phi) is 17.4. The van der Waals surface area contributed by atoms with E-state index in [-0.39, 0.29) is 17.7 Å². The Hall–Kier alpha value is 1.24. The van der Waals surface area contributed by atoms with E-state index in [0.29, 0.717) is 18.2 Å². The topological polar surface area (TPSA) is 37.4 Å². The molecule has 1 fully saturated rings. The first kappa shape index (κ1) is 27.3. The van der Waals surface area contributed by atoms with Gasteiger partial charge in [-0.05, 0) is 36.5 Å². The number of carbonyl (C=O) groups is 2. The molecule has 1 rings (SSSR count). The number of imide groups is 1. The van der Waals surface area contributed by atoms with Crippen molar-refractivity contribution in [2.75, 3.05) is 58.3 Å². The van der Waals surface area contributed by atoms with Crippen molar-refractivity contribution in [1.82, 2.24) is 4.90 Å². The van der Waals surface area contributed by atoms with E-state index in [9.17, 15) is 9.59 Å². The summed E-state index contributed by atoms with van der Waals surface area (Å²) in [4.78, 5) is 26.3. The highest BCUT2D eigenvalue weighted by atomic mass is 32.2. The Morgan fingerprint density at radius 3 is 2.21 bits per heavy atom. The molecule has 0 radical (unpaired) electrons. The van der Waals surface area contributed by atoms with Gasteiger partial charge < -0.3 is 0 Å². The second-order valence-electron chi connectivity index (χ2n) is 6.68. The molecule has 0 aromatic heterocycles. The molecule has 0 saturated carbocycles. The fraction of sp³-hybridized carbons (Fsp3) is 0.895. The van der Waals surface area contributed by atoms with Crippen molar-refractivity contribution < 1.29 is 9.59 Å². The lowest BCUT2D eigenvalue weighted by Gasteiger charge is -2.16. The largest absolute Gasteiger partial charge is 0.282 e. The molecule has 0 bridgehead atoms. The molecule has 1 heterocycles. The van der Waals surface area contributed by atoms with E-state index in [4.69, 9.17) is 0 Å². The molecule has 28 heavy (non-hydrogen) atoms. The first-order valence-corrected chi connectivity index (χ1v) is 15.8. The molecule has 0 aromatic rings. The maximum absolute atomic E-state index is 12.6. The molecule has 2 unspecified atom stereocenters. The number of nitrogens with zero attached hydrogens (tertiary/aromatic N) is 1. The van der Waals surface area contributed by atoms with Crippen LogP contribution in [0, 0.1) is 5.92 Å². The molecule has 0 aliphatic carbocycles. The zero-order valence-electron chi connectivity index (χ0n) is 16.8. The Labute approximate surface area is 199 Å². The standard InChI is InChI=1S/C19H35NO2S6/c1-16(28-14-13-27-10-7-24)3-4-17-15-18(21)20(19(17)22)5-2-8-25-11-12-26-9-6-23/h16-17,23-24H,2-15H2,1H3. The van der Waals surface area contributed by atoms with Crippen LogP contribution in [0.25, 0.3) is 0 Å². The molecule has 1 saturated heterocycles. The summed E-state index contributed by atoms with van der Waals surface area (Å²) in [6, 6.07) is 0. The minimum absolute atomic E-state index is 0.0350. The van der Waals surface area contributed by atoms with E-state index in [1.165, 1.54) is 4.90 Å². The smallest absolute Gasteiger partial charge is 0.232 e. The maximum Gasteiger partial charge on any atom is 0.232 e. The lowest BCUT2D eigenvalue weighted by atomic mass is 10.0. The van der Waals surface area contributed by atoms with Crippen molar-refractivity contribution in [1.29, 1.82) is 0 Å². The lowest BCUT2D eigenvalue weighted by Crippen LogP contribution is -2.32. The van der Waals surface area contributed by atoms with E-state index in [0.717, 1.165) is 71.0 Å². The fourth-order valence-corrected chi connectivity index (χ4v) is 7.40. The molecule has 0 N–H and O–H groups in total. The number of thioether (sulfide) groups is 4. The monoisotopic (exact) mass is 501 g/mol. The van der Waals surface area contributed by atoms with Gasteiger partial charge in [0, 0.05) is 58.7 Å². The van der Waals surface area contributed by atoms with Crippen LogP contribution >= 0.6 is 72.3 Å². The molecular weight excluding hydrogens is 467 g/mol. The van der Waals surface area contributed by atoms with Crippen LogP contribution in [0.4, 0.5) is 0 Å². The molecule has 9 heteroatoms. The zero-order chi connectivity index (χ0) is 20.6. The zero-order valence-corrected chi connectivity index (χ0v) is 21.9. The van der Waals surface area contributed by atoms with E-state index in [1.807, 2.05) is 47.0 Å². The molecule has 3 nitrogen and oxygen atoms in total. The third kappa shape index (κ3) is 12.2. The number of amides is 2. The fourth-order valence-electron chi connectivity index (χ4n) is 2.92. The van der Waals surface area contributed by atoms with Gasteiger partial charge >= 0.3 is 0 Å². The SMILES string of the molecule is CC(CCC1CC(=O)N(CCCSCCSCCS)C1=O)SCCSCCS. The summed E-state index contributed by atoms with van der Waals surface area (Å²) in [5.41, 5.74) is 0. The third-order valence-electron chi connectivity index (χ3n) is 4.40. The van der Waals surface area contributed by atoms with E-state index < -0.39 is 0 Å². The second kappa shape index (κ2) is 17.9. The first-order chi connectivity index (χ1) is 13.6. The molecule has 1 aliphatic heterocycles. The highest BCUT2D eigenvalue weighted by molar-refractivity contribution is 8.03. The molecule has 0 aromatic carbocycles. The highest BCUT2D eigenvalue weighted by Gasteiger charge is 2.37. The van der Waals surface area contributed by atoms with Crippen LogP contribution in [0.1, 0.15) is 32.6 Å². The second-order valence-corrected chi connectivity index (χ2v) is 12.8. The quantitative estimate of drug-likeness (QED) is 0.161. The average molecular weight is 502 g/mol. The van der Waals surface area contributed by atoms with Crippen LogP contribution < -0.4 is 0 Å². The van der Waals surface area contributed by atoms with Crippen molar-refractivity contribution in [3.05, 3.63) is 0 Å². The minimum atomic E-state index is -0.0839. The van der Waals surface area contributed by atoms with Gasteiger partial charge in [0.2, 0.25) is 11.8 Å². The summed E-state index contributed by atoms with van der Waals surface area (Å²) >= 11 is 16.2. The first-order valence-electron chi connectivity index (χ1n) is 10.0. The Balaban J connectivity index is 2.13. The lowest BCUT2D eigenvalue weighted by molar-refractivity contribution is -0.139. The summed E-state index contributed by atoms with van der Waals surface area (Å²) < 4.78 is 0. The number of carbonyl (C=O) groups excluding carboxylic acids is 2. The van der Waals surface area contributed by atoms with Crippen molar-refractivity contribution in [2.24, 2.45) is 5.92 Å². The third-order valence-corrected chi connectivity index (χ3v) is 10.3. The Morgan fingerprint density at radius 2 is 1.57 bits per heavy atom. The molecule has 2 atom stereocenters. The van der Waals surface area contributed by atoms with Gasteiger partial charge in [0.15, 0.2) is 0 Å². The summed E-state index contributed by atoms with van der Waals surface area (Å²) in [5, 5.41) is 0.547. The normalized spacial score (nSPS) is 18.2. The van der Waals surface area contributed by atoms with Gasteiger partial charge in [-0.1, -0.05) is 6.92 Å². The summed E-state index contributed by atoms with van der Waals surface area (Å²) in [7, 11) is 0. The Bertz CT molecular complexity index is 441. The number of hydrogen-bond donors (Lipinski definition) is 2. The number of likely N-dealkylation sites (tertiary alicyclic amines) is 1. The minimum Gasteiger partial charge on any atom is -0.282 e. The van der Waals surface area contributed by atoms with Gasteiger partial charge in [-0.25, -0.2) is 0 Å². The molecule has 2 amide bonds. The molecule has 0 spiro atoms. The van der Waals surface area contributed by atoms with Gasteiger partial charge in [0.25, 0.3) is 0 Å². The van der Waals surface area contributed by atoms with Crippen LogP contribution in [0.2, 0.25) is 0 Å². The van der Waals surface area contributed by atoms with Crippen molar-refractivity contribution in [2.45, 2.75) is 37.9 Å². The van der Waals surface area contributed by atoms with Crippen LogP contribution in [0.5, 0.6) is 0 Å². The van der Waals surface area contributed by atoms with Crippen LogP contribution in [-0.4, -0.2) is 80.3 Å². The maximum atomic E-state index is 12.6. The van der Waals surface area contributed by atoms with Gasteiger partial charge in [-0.15, -0.1) is 0 Å². The predicted molar refractivity (Wildman–Crippen MR) is 140 cm³/mol. The van der Waals surface area contributed by atoms with E-state index in [2.05, 4.69) is 32.2 Å². The van der Waals surface area contributed by atoms with Crippen molar-refractivity contribution >= 4 is 84.1 Å². The van der Waals surface area contributed by atoms with E-state index >= 15 is 0 Å². The number of hydrogen-bond acceptors (Lipinski definition) is 8. The van der Waals surface area contributed by atoms with Gasteiger partial charge in [0.1, 0.15) is 0 Å². The van der Waals surface area contributed by atoms with Crippen molar-refractivity contribution in [3.8, 4) is 0 Å². The number of thiol groups is 2. The van der Waals surface area contributed by atoms with E-state index in [1.54, 1.807) is 0 Å².